The summed E-state index contributed by atoms with van der Waals surface area (Å²) < 4.78 is 11.1. The van der Waals surface area contributed by atoms with E-state index < -0.39 is 0 Å². The van der Waals surface area contributed by atoms with Gasteiger partial charge in [0.15, 0.2) is 0 Å². The fourth-order valence-corrected chi connectivity index (χ4v) is 4.08. The molecule has 4 heterocycles. The first-order chi connectivity index (χ1) is 11.3. The van der Waals surface area contributed by atoms with Crippen LogP contribution in [0.15, 0.2) is 23.0 Å². The fourth-order valence-electron chi connectivity index (χ4n) is 4.08. The number of fused-ring (bicyclic) bond motifs is 1. The topological polar surface area (TPSA) is 55.2 Å². The van der Waals surface area contributed by atoms with Crippen LogP contribution in [0.4, 0.5) is 0 Å². The van der Waals surface area contributed by atoms with Crippen molar-refractivity contribution < 1.29 is 18.8 Å². The number of ether oxygens (including phenoxy) is 1. The van der Waals surface area contributed by atoms with Crippen LogP contribution in [0, 0.1) is 11.8 Å². The summed E-state index contributed by atoms with van der Waals surface area (Å²) in [7, 11) is 0. The van der Waals surface area contributed by atoms with Gasteiger partial charge >= 0.3 is 0 Å². The zero-order valence-corrected chi connectivity index (χ0v) is 13.4. The average molecular weight is 320 g/mol. The normalized spacial score (nSPS) is 32.0. The Balaban J connectivity index is 1.44. The van der Waals surface area contributed by atoms with Crippen molar-refractivity contribution in [3.05, 3.63) is 24.2 Å². The number of nitrogens with zero attached hydrogens (tertiary/aromatic N) is 2. The molecule has 0 aromatic carbocycles. The number of amides is 1. The molecule has 6 heteroatoms. The number of hydroxylamine groups is 2. The fraction of sp³-hybridized carbons (Fsp3) is 0.706. The minimum atomic E-state index is 0.0269. The van der Waals surface area contributed by atoms with E-state index in [1.165, 1.54) is 5.56 Å². The lowest BCUT2D eigenvalue weighted by Gasteiger charge is -2.45. The number of hydrogen-bond acceptors (Lipinski definition) is 5. The summed E-state index contributed by atoms with van der Waals surface area (Å²) in [5, 5.41) is 1.59. The Labute approximate surface area is 136 Å². The number of carbonyl (C=O) groups excluding carboxylic acids is 1. The summed E-state index contributed by atoms with van der Waals surface area (Å²) in [4.78, 5) is 20.7. The second kappa shape index (κ2) is 6.63. The highest BCUT2D eigenvalue weighted by Gasteiger charge is 2.43. The zero-order valence-electron chi connectivity index (χ0n) is 13.4. The Morgan fingerprint density at radius 3 is 3.00 bits per heavy atom. The average Bonchev–Trinajstić information content (AvgIpc) is 3.27. The number of carbonyl (C=O) groups is 1. The van der Waals surface area contributed by atoms with E-state index in [0.29, 0.717) is 13.2 Å². The number of piperidine rings is 1. The van der Waals surface area contributed by atoms with Gasteiger partial charge < -0.3 is 9.15 Å². The molecule has 23 heavy (non-hydrogen) atoms. The molecule has 4 rings (SSSR count). The van der Waals surface area contributed by atoms with Gasteiger partial charge in [-0.3, -0.25) is 14.5 Å². The molecule has 0 aliphatic carbocycles. The van der Waals surface area contributed by atoms with Crippen molar-refractivity contribution in [1.82, 2.24) is 9.96 Å². The molecule has 6 nitrogen and oxygen atoms in total. The molecule has 1 aromatic rings. The largest absolute Gasteiger partial charge is 0.472 e. The van der Waals surface area contributed by atoms with Crippen LogP contribution in [0.3, 0.4) is 0 Å². The molecule has 0 N–H and O–H groups in total. The van der Waals surface area contributed by atoms with Gasteiger partial charge in [0.25, 0.3) is 0 Å². The van der Waals surface area contributed by atoms with E-state index in [9.17, 15) is 4.79 Å². The monoisotopic (exact) mass is 320 g/mol. The second-order valence-corrected chi connectivity index (χ2v) is 6.75. The minimum Gasteiger partial charge on any atom is -0.472 e. The summed E-state index contributed by atoms with van der Waals surface area (Å²) in [6, 6.07) is 2.00. The van der Waals surface area contributed by atoms with Gasteiger partial charge in [-0.15, -0.1) is 0 Å². The number of furan rings is 1. The van der Waals surface area contributed by atoms with Gasteiger partial charge in [0.05, 0.1) is 31.8 Å². The van der Waals surface area contributed by atoms with E-state index >= 15 is 0 Å². The molecule has 1 amide bonds. The predicted octanol–water partition coefficient (Wildman–Crippen LogP) is 1.67. The number of hydrogen-bond donors (Lipinski definition) is 0. The van der Waals surface area contributed by atoms with Gasteiger partial charge in [-0.1, -0.05) is 0 Å². The molecule has 126 valence electrons. The van der Waals surface area contributed by atoms with Crippen LogP contribution in [0.5, 0.6) is 0 Å². The molecule has 0 saturated carbocycles. The van der Waals surface area contributed by atoms with Gasteiger partial charge in [0.1, 0.15) is 0 Å². The molecule has 3 fully saturated rings. The molecule has 0 bridgehead atoms. The molecule has 0 radical (unpaired) electrons. The van der Waals surface area contributed by atoms with E-state index in [4.69, 9.17) is 14.0 Å². The lowest BCUT2D eigenvalue weighted by atomic mass is 9.79. The first-order valence-electron chi connectivity index (χ1n) is 8.60. The summed E-state index contributed by atoms with van der Waals surface area (Å²) in [5.74, 6) is 0.450. The maximum Gasteiger partial charge on any atom is 0.249 e. The maximum atomic E-state index is 12.8. The van der Waals surface area contributed by atoms with Crippen molar-refractivity contribution in [1.29, 1.82) is 0 Å². The lowest BCUT2D eigenvalue weighted by molar-refractivity contribution is -0.185. The second-order valence-electron chi connectivity index (χ2n) is 6.75. The van der Waals surface area contributed by atoms with E-state index in [2.05, 4.69) is 4.90 Å². The standard InChI is InChI=1S/C17H24N2O4/c20-17(19-5-1-7-23-19)14-4-9-22-16-2-6-18(11-15(14)16)10-13-3-8-21-12-13/h3,8,12,14-16H,1-2,4-7,9-11H2/t14-,15+,16-/m1/s1. The van der Waals surface area contributed by atoms with Crippen molar-refractivity contribution in [2.45, 2.75) is 31.9 Å². The van der Waals surface area contributed by atoms with E-state index in [0.717, 1.165) is 45.4 Å². The van der Waals surface area contributed by atoms with Crippen LogP contribution in [0.25, 0.3) is 0 Å². The first kappa shape index (κ1) is 15.2. The molecular formula is C17H24N2O4. The van der Waals surface area contributed by atoms with Crippen LogP contribution in [0.2, 0.25) is 0 Å². The molecule has 3 saturated heterocycles. The van der Waals surface area contributed by atoms with Gasteiger partial charge in [-0.25, -0.2) is 5.06 Å². The van der Waals surface area contributed by atoms with Gasteiger partial charge in [-0.05, 0) is 25.3 Å². The van der Waals surface area contributed by atoms with Crippen molar-refractivity contribution in [2.75, 3.05) is 32.8 Å². The quantitative estimate of drug-likeness (QED) is 0.848. The minimum absolute atomic E-state index is 0.0269. The van der Waals surface area contributed by atoms with Crippen LogP contribution in [-0.4, -0.2) is 54.8 Å². The number of rotatable bonds is 3. The first-order valence-corrected chi connectivity index (χ1v) is 8.60. The Bertz CT molecular complexity index is 527. The third kappa shape index (κ3) is 3.16. The molecule has 0 unspecified atom stereocenters. The Morgan fingerprint density at radius 1 is 1.26 bits per heavy atom. The van der Waals surface area contributed by atoms with Gasteiger partial charge in [-0.2, -0.15) is 0 Å². The van der Waals surface area contributed by atoms with Gasteiger partial charge in [0.2, 0.25) is 5.91 Å². The highest BCUT2D eigenvalue weighted by atomic mass is 16.7. The van der Waals surface area contributed by atoms with Crippen molar-refractivity contribution in [3.63, 3.8) is 0 Å². The smallest absolute Gasteiger partial charge is 0.249 e. The predicted molar refractivity (Wildman–Crippen MR) is 82.2 cm³/mol. The maximum absolute atomic E-state index is 12.8. The van der Waals surface area contributed by atoms with Crippen molar-refractivity contribution in [3.8, 4) is 0 Å². The molecule has 0 spiro atoms. The third-order valence-electron chi connectivity index (χ3n) is 5.26. The van der Waals surface area contributed by atoms with Crippen molar-refractivity contribution in [2.24, 2.45) is 11.8 Å². The van der Waals surface area contributed by atoms with Crippen LogP contribution >= 0.6 is 0 Å². The third-order valence-corrected chi connectivity index (χ3v) is 5.26. The highest BCUT2D eigenvalue weighted by Crippen LogP contribution is 2.35. The van der Waals surface area contributed by atoms with Crippen LogP contribution in [-0.2, 0) is 20.9 Å². The summed E-state index contributed by atoms with van der Waals surface area (Å²) in [6.45, 7) is 4.86. The Kier molecular flexibility index (Phi) is 4.37. The van der Waals surface area contributed by atoms with Crippen molar-refractivity contribution >= 4 is 5.91 Å². The SMILES string of the molecule is O=C([C@@H]1CCO[C@@H]2CCN(Cc3ccoc3)C[C@H]21)N1CCCO1. The van der Waals surface area contributed by atoms with Crippen LogP contribution in [0.1, 0.15) is 24.8 Å². The molecular weight excluding hydrogens is 296 g/mol. The summed E-state index contributed by atoms with van der Waals surface area (Å²) >= 11 is 0. The molecule has 1 aromatic heterocycles. The van der Waals surface area contributed by atoms with Crippen LogP contribution < -0.4 is 0 Å². The van der Waals surface area contributed by atoms with E-state index in [1.54, 1.807) is 17.6 Å². The number of likely N-dealkylation sites (tertiary alicyclic amines) is 1. The summed E-state index contributed by atoms with van der Waals surface area (Å²) in [5.41, 5.74) is 1.19. The molecule has 3 aliphatic heterocycles. The Morgan fingerprint density at radius 2 is 2.22 bits per heavy atom. The lowest BCUT2D eigenvalue weighted by Crippen LogP contribution is -2.53. The summed E-state index contributed by atoms with van der Waals surface area (Å²) in [6.07, 6.45) is 6.45. The molecule has 3 aliphatic rings. The van der Waals surface area contributed by atoms with E-state index in [-0.39, 0.29) is 23.8 Å². The van der Waals surface area contributed by atoms with Gasteiger partial charge in [0, 0.05) is 43.6 Å². The molecule has 3 atom stereocenters. The zero-order chi connectivity index (χ0) is 15.6. The Hall–Kier alpha value is -1.37. The highest BCUT2D eigenvalue weighted by molar-refractivity contribution is 5.78. The van der Waals surface area contributed by atoms with E-state index in [1.807, 2.05) is 6.07 Å².